The van der Waals surface area contributed by atoms with Crippen LogP contribution in [-0.4, -0.2) is 79.2 Å². The summed E-state index contributed by atoms with van der Waals surface area (Å²) in [7, 11) is 4.04. The Labute approximate surface area is 294 Å². The number of unbranched alkanes of at least 4 members (excludes halogenated alkanes) is 14. The Hall–Kier alpha value is -1.54. The predicted molar refractivity (Wildman–Crippen MR) is 201 cm³/mol. The summed E-state index contributed by atoms with van der Waals surface area (Å²) < 4.78 is 11.3. The normalized spacial score (nSPS) is 11.6. The van der Waals surface area contributed by atoms with Gasteiger partial charge in [-0.1, -0.05) is 115 Å². The molecule has 0 aliphatic rings. The van der Waals surface area contributed by atoms with Gasteiger partial charge in [0.15, 0.2) is 0 Å². The third kappa shape index (κ3) is 31.5. The molecule has 8 heteroatoms. The third-order valence-electron chi connectivity index (χ3n) is 8.43. The Morgan fingerprint density at radius 1 is 0.617 bits per heavy atom. The van der Waals surface area contributed by atoms with Crippen LogP contribution in [0.4, 0.5) is 4.79 Å². The maximum Gasteiger partial charge on any atom is 0.306 e. The zero-order valence-electron chi connectivity index (χ0n) is 31.4. The van der Waals surface area contributed by atoms with E-state index in [2.05, 4.69) is 31.7 Å². The van der Waals surface area contributed by atoms with Crippen molar-refractivity contribution in [3.8, 4) is 0 Å². The van der Waals surface area contributed by atoms with Crippen molar-refractivity contribution in [3.63, 3.8) is 0 Å². The van der Waals surface area contributed by atoms with Crippen LogP contribution in [0.3, 0.4) is 0 Å². The molecule has 0 saturated carbocycles. The summed E-state index contributed by atoms with van der Waals surface area (Å²) in [5.74, 6) is 0.548. The topological polar surface area (TPSA) is 76.1 Å². The molecule has 0 unspecified atom stereocenters. The highest BCUT2D eigenvalue weighted by atomic mass is 32.2. The lowest BCUT2D eigenvalue weighted by molar-refractivity contribution is -0.150. The van der Waals surface area contributed by atoms with Crippen molar-refractivity contribution in [2.75, 3.05) is 46.1 Å². The van der Waals surface area contributed by atoms with Crippen LogP contribution < -0.4 is 0 Å². The van der Waals surface area contributed by atoms with Gasteiger partial charge in [0.25, 0.3) is 5.24 Å². The molecule has 1 amide bonds. The standard InChI is InChI=1S/C39H74N2O5S/c1-6-9-12-15-16-19-26-34-45-37(42)29-22-17-18-24-31-41(39(44)47-35-33-40(4)5)32-25-23-30-38(43)46-36(27-20-13-10-7-2)28-21-14-11-8-3/h19,26,36H,6-18,20-25,27-35H2,1-5H3/b26-19-. The summed E-state index contributed by atoms with van der Waals surface area (Å²) in [6.07, 6.45) is 27.7. The van der Waals surface area contributed by atoms with Gasteiger partial charge in [-0.25, -0.2) is 0 Å². The largest absolute Gasteiger partial charge is 0.462 e. The molecule has 0 radical (unpaired) electrons. The molecule has 0 heterocycles. The number of ether oxygens (including phenoxy) is 2. The Bertz CT molecular complexity index is 764. The van der Waals surface area contributed by atoms with E-state index in [0.717, 1.165) is 82.9 Å². The van der Waals surface area contributed by atoms with E-state index < -0.39 is 0 Å². The fraction of sp³-hybridized carbons (Fsp3) is 0.872. The monoisotopic (exact) mass is 683 g/mol. The zero-order chi connectivity index (χ0) is 34.8. The molecule has 0 aromatic rings. The lowest BCUT2D eigenvalue weighted by Crippen LogP contribution is -2.31. The van der Waals surface area contributed by atoms with E-state index in [4.69, 9.17) is 9.47 Å². The van der Waals surface area contributed by atoms with Crippen molar-refractivity contribution in [3.05, 3.63) is 12.2 Å². The molecular formula is C39H74N2O5S. The zero-order valence-corrected chi connectivity index (χ0v) is 32.2. The highest BCUT2D eigenvalue weighted by molar-refractivity contribution is 8.13. The molecule has 0 aromatic heterocycles. The molecule has 47 heavy (non-hydrogen) atoms. The average Bonchev–Trinajstić information content (AvgIpc) is 3.04. The molecular weight excluding hydrogens is 609 g/mol. The molecule has 0 atom stereocenters. The summed E-state index contributed by atoms with van der Waals surface area (Å²) in [4.78, 5) is 41.8. The van der Waals surface area contributed by atoms with Crippen LogP contribution in [0.2, 0.25) is 0 Å². The van der Waals surface area contributed by atoms with Gasteiger partial charge < -0.3 is 19.3 Å². The predicted octanol–water partition coefficient (Wildman–Crippen LogP) is 10.7. The molecule has 0 saturated heterocycles. The Kier molecular flexibility index (Phi) is 33.2. The van der Waals surface area contributed by atoms with Crippen LogP contribution in [0.1, 0.15) is 168 Å². The second kappa shape index (κ2) is 34.3. The quantitative estimate of drug-likeness (QED) is 0.0387. The number of hydrogen-bond donors (Lipinski definition) is 0. The van der Waals surface area contributed by atoms with Crippen LogP contribution >= 0.6 is 11.8 Å². The van der Waals surface area contributed by atoms with Gasteiger partial charge in [-0.15, -0.1) is 0 Å². The van der Waals surface area contributed by atoms with Crippen molar-refractivity contribution >= 4 is 28.9 Å². The second-order valence-electron chi connectivity index (χ2n) is 13.3. The maximum absolute atomic E-state index is 13.0. The first-order valence-electron chi connectivity index (χ1n) is 19.4. The molecule has 7 nitrogen and oxygen atoms in total. The van der Waals surface area contributed by atoms with Crippen molar-refractivity contribution in [2.45, 2.75) is 175 Å². The minimum Gasteiger partial charge on any atom is -0.462 e. The molecule has 276 valence electrons. The number of esters is 2. The Morgan fingerprint density at radius 2 is 1.15 bits per heavy atom. The van der Waals surface area contributed by atoms with Crippen LogP contribution in [0, 0.1) is 0 Å². The summed E-state index contributed by atoms with van der Waals surface area (Å²) in [6.45, 7) is 9.25. The molecule has 0 spiro atoms. The molecule has 0 bridgehead atoms. The number of nitrogens with zero attached hydrogens (tertiary/aromatic N) is 2. The van der Waals surface area contributed by atoms with Gasteiger partial charge in [0.05, 0.1) is 0 Å². The molecule has 0 N–H and O–H groups in total. The first-order chi connectivity index (χ1) is 22.8. The van der Waals surface area contributed by atoms with Gasteiger partial charge >= 0.3 is 11.9 Å². The van der Waals surface area contributed by atoms with E-state index in [9.17, 15) is 14.4 Å². The number of rotatable bonds is 33. The van der Waals surface area contributed by atoms with E-state index in [1.165, 1.54) is 76.0 Å². The van der Waals surface area contributed by atoms with E-state index >= 15 is 0 Å². The Morgan fingerprint density at radius 3 is 1.77 bits per heavy atom. The first kappa shape index (κ1) is 45.5. The highest BCUT2D eigenvalue weighted by Crippen LogP contribution is 2.18. The lowest BCUT2D eigenvalue weighted by Gasteiger charge is -2.23. The first-order valence-corrected chi connectivity index (χ1v) is 20.4. The van der Waals surface area contributed by atoms with Gasteiger partial charge in [-0.2, -0.15) is 0 Å². The molecule has 0 rings (SSSR count). The van der Waals surface area contributed by atoms with Crippen LogP contribution in [-0.2, 0) is 19.1 Å². The van der Waals surface area contributed by atoms with Gasteiger partial charge in [0.2, 0.25) is 0 Å². The summed E-state index contributed by atoms with van der Waals surface area (Å²) in [6, 6.07) is 0. The van der Waals surface area contributed by atoms with Gasteiger partial charge in [-0.3, -0.25) is 14.4 Å². The minimum atomic E-state index is -0.132. The summed E-state index contributed by atoms with van der Waals surface area (Å²) in [5, 5.41) is 0.121. The van der Waals surface area contributed by atoms with Crippen LogP contribution in [0.15, 0.2) is 12.2 Å². The summed E-state index contributed by atoms with van der Waals surface area (Å²) >= 11 is 1.38. The van der Waals surface area contributed by atoms with E-state index in [0.29, 0.717) is 32.5 Å². The number of hydrogen-bond acceptors (Lipinski definition) is 7. The number of carbonyl (C=O) groups excluding carboxylic acids is 3. The fourth-order valence-electron chi connectivity index (χ4n) is 5.39. The van der Waals surface area contributed by atoms with E-state index in [-0.39, 0.29) is 23.3 Å². The number of carbonyl (C=O) groups is 3. The Balaban J connectivity index is 4.48. The van der Waals surface area contributed by atoms with Crippen LogP contribution in [0.25, 0.3) is 0 Å². The molecule has 0 aliphatic carbocycles. The summed E-state index contributed by atoms with van der Waals surface area (Å²) in [5.41, 5.74) is 0. The lowest BCUT2D eigenvalue weighted by atomic mass is 10.0. The third-order valence-corrected chi connectivity index (χ3v) is 9.32. The number of thioether (sulfide) groups is 1. The van der Waals surface area contributed by atoms with Gasteiger partial charge in [-0.05, 0) is 78.3 Å². The van der Waals surface area contributed by atoms with Crippen molar-refractivity contribution in [1.82, 2.24) is 9.80 Å². The van der Waals surface area contributed by atoms with E-state index in [1.54, 1.807) is 0 Å². The maximum atomic E-state index is 13.0. The highest BCUT2D eigenvalue weighted by Gasteiger charge is 2.16. The van der Waals surface area contributed by atoms with E-state index in [1.807, 2.05) is 25.1 Å². The average molecular weight is 683 g/mol. The molecule has 0 aliphatic heterocycles. The SMILES string of the molecule is CCCCCC/C=C\COC(=O)CCCCCCN(CCCCC(=O)OC(CCCCCC)CCCCCC)C(=O)SCCN(C)C. The minimum absolute atomic E-state index is 0.0474. The second-order valence-corrected chi connectivity index (χ2v) is 14.4. The number of allylic oxidation sites excluding steroid dienone is 1. The van der Waals surface area contributed by atoms with Gasteiger partial charge in [0, 0.05) is 38.2 Å². The molecule has 0 aromatic carbocycles. The van der Waals surface area contributed by atoms with Crippen molar-refractivity contribution in [1.29, 1.82) is 0 Å². The van der Waals surface area contributed by atoms with Gasteiger partial charge in [0.1, 0.15) is 12.7 Å². The van der Waals surface area contributed by atoms with Crippen LogP contribution in [0.5, 0.6) is 0 Å². The van der Waals surface area contributed by atoms with Crippen molar-refractivity contribution < 1.29 is 23.9 Å². The van der Waals surface area contributed by atoms with Crippen molar-refractivity contribution in [2.24, 2.45) is 0 Å². The number of amides is 1. The fourth-order valence-corrected chi connectivity index (χ4v) is 6.39. The smallest absolute Gasteiger partial charge is 0.306 e. The molecule has 0 fully saturated rings.